The molecule has 0 fully saturated rings. The third kappa shape index (κ3) is 3.37. The lowest BCUT2D eigenvalue weighted by molar-refractivity contribution is -0.167. The Kier molecular flexibility index (Phi) is 3.77. The highest BCUT2D eigenvalue weighted by atomic mass is 19.4. The third-order valence-electron chi connectivity index (χ3n) is 2.50. The van der Waals surface area contributed by atoms with Crippen LogP contribution < -0.4 is 5.32 Å². The molecule has 0 aliphatic carbocycles. The summed E-state index contributed by atoms with van der Waals surface area (Å²) in [7, 11) is 0. The molecule has 0 saturated heterocycles. The lowest BCUT2D eigenvalue weighted by Crippen LogP contribution is -2.29. The van der Waals surface area contributed by atoms with Crippen LogP contribution in [0.15, 0.2) is 24.8 Å². The van der Waals surface area contributed by atoms with E-state index in [1.807, 2.05) is 13.1 Å². The predicted octanol–water partition coefficient (Wildman–Crippen LogP) is 1.65. The smallest absolute Gasteiger partial charge is 0.316 e. The number of hydrogen-bond donors (Lipinski definition) is 1. The minimum atomic E-state index is -4.91. The zero-order valence-electron chi connectivity index (χ0n) is 10.6. The molecule has 6 nitrogen and oxygen atoms in total. The number of anilines is 1. The van der Waals surface area contributed by atoms with Crippen LogP contribution in [0.2, 0.25) is 0 Å². The van der Waals surface area contributed by atoms with Gasteiger partial charge < -0.3 is 5.32 Å². The first-order valence-electron chi connectivity index (χ1n) is 5.80. The summed E-state index contributed by atoms with van der Waals surface area (Å²) in [5, 5.41) is 9.69. The van der Waals surface area contributed by atoms with Gasteiger partial charge in [-0.2, -0.15) is 23.4 Å². The molecule has 2 aromatic rings. The van der Waals surface area contributed by atoms with E-state index in [-0.39, 0.29) is 5.69 Å². The van der Waals surface area contributed by atoms with Crippen molar-refractivity contribution in [1.82, 2.24) is 19.6 Å². The standard InChI is InChI=1S/C11H12F3N5O/c1-2-18-5-8(3-15-18)6-19-7-9(4-16-19)17-10(20)11(12,13)14/h3-5,7H,2,6H2,1H3,(H,17,20). The SMILES string of the molecule is CCn1cc(Cn2cc(NC(=O)C(F)(F)F)cn2)cn1. The molecule has 108 valence electrons. The first-order valence-corrected chi connectivity index (χ1v) is 5.80. The van der Waals surface area contributed by atoms with Gasteiger partial charge in [-0.25, -0.2) is 0 Å². The van der Waals surface area contributed by atoms with Crippen molar-refractivity contribution in [2.24, 2.45) is 0 Å². The minimum absolute atomic E-state index is 0.00444. The van der Waals surface area contributed by atoms with Crippen LogP contribution in [0.1, 0.15) is 12.5 Å². The van der Waals surface area contributed by atoms with Crippen LogP contribution in [0.25, 0.3) is 0 Å². The summed E-state index contributed by atoms with van der Waals surface area (Å²) in [6.45, 7) is 3.03. The summed E-state index contributed by atoms with van der Waals surface area (Å²) < 4.78 is 39.4. The fourth-order valence-electron chi connectivity index (χ4n) is 1.56. The molecule has 1 amide bonds. The maximum absolute atomic E-state index is 12.1. The van der Waals surface area contributed by atoms with Crippen molar-refractivity contribution in [1.29, 1.82) is 0 Å². The number of carbonyl (C=O) groups is 1. The Labute approximate surface area is 112 Å². The number of aryl methyl sites for hydroxylation is 1. The quantitative estimate of drug-likeness (QED) is 0.930. The lowest BCUT2D eigenvalue weighted by atomic mass is 10.4. The van der Waals surface area contributed by atoms with Gasteiger partial charge in [0.1, 0.15) is 0 Å². The van der Waals surface area contributed by atoms with Crippen molar-refractivity contribution in [3.63, 3.8) is 0 Å². The maximum atomic E-state index is 12.1. The Morgan fingerprint density at radius 3 is 2.55 bits per heavy atom. The van der Waals surface area contributed by atoms with Crippen LogP contribution in [0, 0.1) is 0 Å². The van der Waals surface area contributed by atoms with Gasteiger partial charge in [-0.15, -0.1) is 0 Å². The largest absolute Gasteiger partial charge is 0.471 e. The van der Waals surface area contributed by atoms with Gasteiger partial charge in [-0.1, -0.05) is 0 Å². The molecule has 0 saturated carbocycles. The van der Waals surface area contributed by atoms with E-state index in [4.69, 9.17) is 0 Å². The minimum Gasteiger partial charge on any atom is -0.316 e. The first kappa shape index (κ1) is 14.1. The van der Waals surface area contributed by atoms with Crippen LogP contribution >= 0.6 is 0 Å². The predicted molar refractivity (Wildman–Crippen MR) is 63.9 cm³/mol. The highest BCUT2D eigenvalue weighted by Gasteiger charge is 2.38. The van der Waals surface area contributed by atoms with Gasteiger partial charge >= 0.3 is 12.1 Å². The van der Waals surface area contributed by atoms with Gasteiger partial charge in [-0.05, 0) is 6.92 Å². The van der Waals surface area contributed by atoms with Crippen LogP contribution in [-0.4, -0.2) is 31.6 Å². The van der Waals surface area contributed by atoms with Crippen molar-refractivity contribution in [2.45, 2.75) is 26.2 Å². The molecule has 0 radical (unpaired) electrons. The van der Waals surface area contributed by atoms with Gasteiger partial charge in [0, 0.05) is 24.5 Å². The number of alkyl halides is 3. The molecule has 0 aliphatic heterocycles. The lowest BCUT2D eigenvalue weighted by Gasteiger charge is -2.04. The number of amides is 1. The van der Waals surface area contributed by atoms with Crippen molar-refractivity contribution >= 4 is 11.6 Å². The Morgan fingerprint density at radius 1 is 1.25 bits per heavy atom. The summed E-state index contributed by atoms with van der Waals surface area (Å²) in [5.41, 5.74) is 0.860. The molecule has 0 aromatic carbocycles. The van der Waals surface area contributed by atoms with E-state index in [1.165, 1.54) is 10.9 Å². The van der Waals surface area contributed by atoms with Crippen LogP contribution in [0.3, 0.4) is 0 Å². The molecule has 1 N–H and O–H groups in total. The second-order valence-electron chi connectivity index (χ2n) is 4.08. The fraction of sp³-hybridized carbons (Fsp3) is 0.364. The molecule has 0 unspecified atom stereocenters. The van der Waals surface area contributed by atoms with Crippen LogP contribution in [0.4, 0.5) is 18.9 Å². The third-order valence-corrected chi connectivity index (χ3v) is 2.50. The average molecular weight is 287 g/mol. The number of halogens is 3. The number of nitrogens with one attached hydrogen (secondary N) is 1. The Morgan fingerprint density at radius 2 is 1.95 bits per heavy atom. The molecule has 2 aromatic heterocycles. The van der Waals surface area contributed by atoms with Gasteiger partial charge in [0.05, 0.1) is 24.6 Å². The van der Waals surface area contributed by atoms with Crippen molar-refractivity contribution in [2.75, 3.05) is 5.32 Å². The van der Waals surface area contributed by atoms with E-state index < -0.39 is 12.1 Å². The Balaban J connectivity index is 2.00. The Hall–Kier alpha value is -2.32. The molecular formula is C11H12F3N5O. The first-order chi connectivity index (χ1) is 9.38. The molecule has 2 rings (SSSR count). The summed E-state index contributed by atoms with van der Waals surface area (Å²) in [5.74, 6) is -2.02. The van der Waals surface area contributed by atoms with Crippen molar-refractivity contribution < 1.29 is 18.0 Å². The topological polar surface area (TPSA) is 64.7 Å². The zero-order chi connectivity index (χ0) is 14.8. The number of aromatic nitrogens is 4. The van der Waals surface area contributed by atoms with E-state index in [0.717, 1.165) is 18.3 Å². The van der Waals surface area contributed by atoms with E-state index in [1.54, 1.807) is 16.2 Å². The monoisotopic (exact) mass is 287 g/mol. The van der Waals surface area contributed by atoms with Gasteiger partial charge in [0.2, 0.25) is 0 Å². The summed E-state index contributed by atoms with van der Waals surface area (Å²) >= 11 is 0. The summed E-state index contributed by atoms with van der Waals surface area (Å²) in [6.07, 6.45) is 1.04. The van der Waals surface area contributed by atoms with Crippen molar-refractivity contribution in [3.8, 4) is 0 Å². The van der Waals surface area contributed by atoms with E-state index in [0.29, 0.717) is 6.54 Å². The summed E-state index contributed by atoms with van der Waals surface area (Å²) in [4.78, 5) is 10.8. The fourth-order valence-corrected chi connectivity index (χ4v) is 1.56. The van der Waals surface area contributed by atoms with E-state index in [2.05, 4.69) is 10.2 Å². The van der Waals surface area contributed by atoms with E-state index in [9.17, 15) is 18.0 Å². The number of rotatable bonds is 4. The number of carbonyl (C=O) groups excluding carboxylic acids is 1. The normalized spacial score (nSPS) is 11.6. The highest BCUT2D eigenvalue weighted by molar-refractivity contribution is 5.94. The average Bonchev–Trinajstić information content (AvgIpc) is 2.98. The molecule has 9 heteroatoms. The zero-order valence-corrected chi connectivity index (χ0v) is 10.6. The molecular weight excluding hydrogens is 275 g/mol. The van der Waals surface area contributed by atoms with Crippen molar-refractivity contribution in [3.05, 3.63) is 30.4 Å². The van der Waals surface area contributed by atoms with Gasteiger partial charge in [0.15, 0.2) is 0 Å². The molecule has 2 heterocycles. The second-order valence-corrected chi connectivity index (χ2v) is 4.08. The molecule has 0 atom stereocenters. The van der Waals surface area contributed by atoms with Crippen LogP contribution in [0.5, 0.6) is 0 Å². The summed E-state index contributed by atoms with van der Waals surface area (Å²) in [6, 6.07) is 0. The van der Waals surface area contributed by atoms with Crippen LogP contribution in [-0.2, 0) is 17.9 Å². The maximum Gasteiger partial charge on any atom is 0.471 e. The molecule has 0 spiro atoms. The molecule has 20 heavy (non-hydrogen) atoms. The Bertz CT molecular complexity index is 601. The van der Waals surface area contributed by atoms with Gasteiger partial charge in [-0.3, -0.25) is 14.2 Å². The highest BCUT2D eigenvalue weighted by Crippen LogP contribution is 2.18. The second kappa shape index (κ2) is 5.35. The molecule has 0 bridgehead atoms. The molecule has 0 aliphatic rings. The number of nitrogens with zero attached hydrogens (tertiary/aromatic N) is 4. The van der Waals surface area contributed by atoms with Gasteiger partial charge in [0.25, 0.3) is 0 Å². The number of hydrogen-bond acceptors (Lipinski definition) is 3. The van der Waals surface area contributed by atoms with E-state index >= 15 is 0 Å².